The Hall–Kier alpha value is -3.20. The molecule has 1 N–H and O–H groups in total. The number of likely N-dealkylation sites (tertiary alicyclic amines) is 1. The van der Waals surface area contributed by atoms with Crippen LogP contribution in [0.25, 0.3) is 0 Å². The SMILES string of the molecule is CSc1ccc(C(=O)C2CCN(C(=O)Oc3ccc(Cl)c(Cl)c3)C2)cc1.Cc1cccc(C)c1OC(C)(C)C(=O)O. The van der Waals surface area contributed by atoms with E-state index in [2.05, 4.69) is 0 Å². The third-order valence-corrected chi connectivity index (χ3v) is 8.05. The van der Waals surface area contributed by atoms with E-state index >= 15 is 0 Å². The first kappa shape index (κ1) is 32.3. The monoisotopic (exact) mass is 617 g/mol. The summed E-state index contributed by atoms with van der Waals surface area (Å²) in [6, 6.07) is 17.9. The highest BCUT2D eigenvalue weighted by Gasteiger charge is 2.33. The summed E-state index contributed by atoms with van der Waals surface area (Å²) in [6.45, 7) is 7.73. The number of aliphatic carboxylic acids is 1. The standard InChI is InChI=1S/C19H17Cl2NO3S.C12H16O3/c1-26-15-5-2-12(3-6-15)18(23)13-8-9-22(11-13)19(24)25-14-4-7-16(20)17(21)10-14;1-8-6-5-7-9(2)10(8)15-12(3,4)11(13)14/h2-7,10,13H,8-9,11H2,1H3;5-7H,1-4H3,(H,13,14). The van der Waals surface area contributed by atoms with Crippen molar-refractivity contribution in [1.29, 1.82) is 0 Å². The molecule has 7 nitrogen and oxygen atoms in total. The molecule has 1 aliphatic rings. The number of carbonyl (C=O) groups is 3. The largest absolute Gasteiger partial charge is 0.478 e. The second-order valence-electron chi connectivity index (χ2n) is 10.1. The zero-order chi connectivity index (χ0) is 30.3. The smallest absolute Gasteiger partial charge is 0.415 e. The number of amides is 1. The number of nitrogens with zero attached hydrogens (tertiary/aromatic N) is 1. The molecule has 1 amide bonds. The van der Waals surface area contributed by atoms with Gasteiger partial charge in [0.2, 0.25) is 0 Å². The van der Waals surface area contributed by atoms with Crippen LogP contribution in [0.1, 0.15) is 41.8 Å². The lowest BCUT2D eigenvalue weighted by Gasteiger charge is -2.23. The van der Waals surface area contributed by atoms with E-state index in [1.165, 1.54) is 6.07 Å². The Morgan fingerprint density at radius 3 is 2.17 bits per heavy atom. The highest BCUT2D eigenvalue weighted by molar-refractivity contribution is 7.98. The molecule has 218 valence electrons. The van der Waals surface area contributed by atoms with E-state index in [-0.39, 0.29) is 11.7 Å². The van der Waals surface area contributed by atoms with E-state index in [0.29, 0.717) is 46.6 Å². The number of para-hydroxylation sites is 1. The van der Waals surface area contributed by atoms with Crippen LogP contribution in [0.4, 0.5) is 4.79 Å². The molecular weight excluding hydrogens is 585 g/mol. The second kappa shape index (κ2) is 14.1. The topological polar surface area (TPSA) is 93.1 Å². The minimum absolute atomic E-state index is 0.0579. The number of benzene rings is 3. The maximum Gasteiger partial charge on any atom is 0.415 e. The van der Waals surface area contributed by atoms with Crippen molar-refractivity contribution >= 4 is 52.8 Å². The van der Waals surface area contributed by atoms with Gasteiger partial charge in [-0.15, -0.1) is 11.8 Å². The summed E-state index contributed by atoms with van der Waals surface area (Å²) in [7, 11) is 0. The summed E-state index contributed by atoms with van der Waals surface area (Å²) < 4.78 is 10.9. The van der Waals surface area contributed by atoms with E-state index in [4.69, 9.17) is 37.8 Å². The van der Waals surface area contributed by atoms with Crippen molar-refractivity contribution < 1.29 is 29.0 Å². The molecule has 0 radical (unpaired) electrons. The highest BCUT2D eigenvalue weighted by atomic mass is 35.5. The minimum Gasteiger partial charge on any atom is -0.478 e. The number of Topliss-reactive ketones (excluding diaryl/α,β-unsaturated/α-hetero) is 1. The fourth-order valence-corrected chi connectivity index (χ4v) is 4.79. The number of thioether (sulfide) groups is 1. The van der Waals surface area contributed by atoms with Gasteiger partial charge < -0.3 is 19.5 Å². The van der Waals surface area contributed by atoms with Gasteiger partial charge in [0.15, 0.2) is 11.4 Å². The number of carbonyl (C=O) groups excluding carboxylic acids is 2. The summed E-state index contributed by atoms with van der Waals surface area (Å²) in [5.74, 6) is -0.138. The summed E-state index contributed by atoms with van der Waals surface area (Å²) in [4.78, 5) is 38.5. The van der Waals surface area contributed by atoms with Crippen LogP contribution in [-0.4, -0.2) is 52.8 Å². The van der Waals surface area contributed by atoms with Crippen molar-refractivity contribution in [3.8, 4) is 11.5 Å². The lowest BCUT2D eigenvalue weighted by atomic mass is 9.97. The number of carboxylic acid groups (broad SMARTS) is 1. The molecule has 1 heterocycles. The summed E-state index contributed by atoms with van der Waals surface area (Å²) in [5, 5.41) is 9.67. The average molecular weight is 619 g/mol. The van der Waals surface area contributed by atoms with Crippen molar-refractivity contribution in [1.82, 2.24) is 4.90 Å². The molecule has 0 bridgehead atoms. The number of aryl methyl sites for hydroxylation is 2. The van der Waals surface area contributed by atoms with E-state index < -0.39 is 17.7 Å². The Morgan fingerprint density at radius 2 is 1.61 bits per heavy atom. The van der Waals surface area contributed by atoms with Gasteiger partial charge in [0.05, 0.1) is 10.0 Å². The molecule has 0 aliphatic carbocycles. The Kier molecular flexibility index (Phi) is 11.1. The first-order chi connectivity index (χ1) is 19.3. The third-order valence-electron chi connectivity index (χ3n) is 6.57. The lowest BCUT2D eigenvalue weighted by Crippen LogP contribution is -2.38. The van der Waals surface area contributed by atoms with Crippen molar-refractivity contribution in [2.75, 3.05) is 19.3 Å². The normalized spacial score (nSPS) is 14.6. The van der Waals surface area contributed by atoms with Crippen LogP contribution in [0.3, 0.4) is 0 Å². The fraction of sp³-hybridized carbons (Fsp3) is 0.323. The van der Waals surface area contributed by atoms with E-state index in [1.54, 1.807) is 42.6 Å². The fourth-order valence-electron chi connectivity index (χ4n) is 4.10. The number of halogens is 2. The van der Waals surface area contributed by atoms with Crippen molar-refractivity contribution in [2.24, 2.45) is 5.92 Å². The molecule has 1 saturated heterocycles. The van der Waals surface area contributed by atoms with Crippen LogP contribution < -0.4 is 9.47 Å². The summed E-state index contributed by atoms with van der Waals surface area (Å²) >= 11 is 13.4. The predicted molar refractivity (Wildman–Crippen MR) is 163 cm³/mol. The Labute approximate surface area is 254 Å². The van der Waals surface area contributed by atoms with Crippen LogP contribution in [0.2, 0.25) is 10.0 Å². The molecule has 3 aromatic rings. The van der Waals surface area contributed by atoms with Gasteiger partial charge in [-0.05, 0) is 75.8 Å². The number of ether oxygens (including phenoxy) is 2. The number of ketones is 1. The van der Waals surface area contributed by atoms with Gasteiger partial charge in [0.25, 0.3) is 0 Å². The van der Waals surface area contributed by atoms with Gasteiger partial charge in [-0.3, -0.25) is 4.79 Å². The molecule has 41 heavy (non-hydrogen) atoms. The maximum atomic E-state index is 12.6. The number of hydrogen-bond acceptors (Lipinski definition) is 6. The second-order valence-corrected chi connectivity index (χ2v) is 11.8. The quantitative estimate of drug-likeness (QED) is 0.212. The molecule has 4 rings (SSSR count). The van der Waals surface area contributed by atoms with Gasteiger partial charge in [-0.2, -0.15) is 0 Å². The molecule has 10 heteroatoms. The number of rotatable bonds is 7. The van der Waals surface area contributed by atoms with Crippen LogP contribution in [0, 0.1) is 19.8 Å². The zero-order valence-corrected chi connectivity index (χ0v) is 25.9. The molecule has 1 aliphatic heterocycles. The van der Waals surface area contributed by atoms with Gasteiger partial charge in [-0.1, -0.05) is 53.5 Å². The average Bonchev–Trinajstić information content (AvgIpc) is 3.43. The summed E-state index contributed by atoms with van der Waals surface area (Å²) in [5.41, 5.74) is 1.37. The van der Waals surface area contributed by atoms with Crippen LogP contribution in [-0.2, 0) is 4.79 Å². The Bertz CT molecular complexity index is 1390. The maximum absolute atomic E-state index is 12.6. The summed E-state index contributed by atoms with van der Waals surface area (Å²) in [6.07, 6.45) is 2.13. The molecule has 1 unspecified atom stereocenters. The first-order valence-corrected chi connectivity index (χ1v) is 14.9. The van der Waals surface area contributed by atoms with Crippen molar-refractivity contribution in [3.63, 3.8) is 0 Å². The van der Waals surface area contributed by atoms with Gasteiger partial charge in [0, 0.05) is 35.5 Å². The van der Waals surface area contributed by atoms with Crippen LogP contribution in [0.15, 0.2) is 65.6 Å². The van der Waals surface area contributed by atoms with E-state index in [1.807, 2.05) is 62.6 Å². The molecule has 1 atom stereocenters. The third kappa shape index (κ3) is 8.64. The zero-order valence-electron chi connectivity index (χ0n) is 23.6. The van der Waals surface area contributed by atoms with Crippen molar-refractivity contribution in [3.05, 3.63) is 87.4 Å². The Morgan fingerprint density at radius 1 is 0.976 bits per heavy atom. The van der Waals surface area contributed by atoms with E-state index in [9.17, 15) is 14.4 Å². The van der Waals surface area contributed by atoms with Gasteiger partial charge in [-0.25, -0.2) is 9.59 Å². The predicted octanol–water partition coefficient (Wildman–Crippen LogP) is 7.96. The van der Waals surface area contributed by atoms with Crippen molar-refractivity contribution in [2.45, 2.75) is 44.6 Å². The van der Waals surface area contributed by atoms with E-state index in [0.717, 1.165) is 16.0 Å². The number of carboxylic acids is 1. The van der Waals surface area contributed by atoms with Crippen LogP contribution in [0.5, 0.6) is 11.5 Å². The number of hydrogen-bond donors (Lipinski definition) is 1. The molecule has 1 fully saturated rings. The van der Waals surface area contributed by atoms with Gasteiger partial charge >= 0.3 is 12.1 Å². The molecule has 0 saturated carbocycles. The molecular formula is C31H33Cl2NO6S. The van der Waals surface area contributed by atoms with Gasteiger partial charge in [0.1, 0.15) is 11.5 Å². The minimum atomic E-state index is -1.20. The first-order valence-electron chi connectivity index (χ1n) is 12.9. The molecule has 3 aromatic carbocycles. The highest BCUT2D eigenvalue weighted by Crippen LogP contribution is 2.29. The van der Waals surface area contributed by atoms with Crippen LogP contribution >= 0.6 is 35.0 Å². The molecule has 0 aromatic heterocycles. The molecule has 0 spiro atoms. The lowest BCUT2D eigenvalue weighted by molar-refractivity contribution is -0.152. The Balaban J connectivity index is 0.000000263.